The SMILES string of the molecule is CC1(C)C(=O)Nc2cc(C3=NNC(=O)CC3)ccc21. The van der Waals surface area contributed by atoms with E-state index in [0.717, 1.165) is 22.5 Å². The summed E-state index contributed by atoms with van der Waals surface area (Å²) in [5, 5.41) is 6.96. The van der Waals surface area contributed by atoms with Crippen LogP contribution in [0, 0.1) is 0 Å². The molecule has 0 fully saturated rings. The number of carbonyl (C=O) groups excluding carboxylic acids is 2. The predicted molar refractivity (Wildman–Crippen MR) is 72.0 cm³/mol. The molecular weight excluding hydrogens is 242 g/mol. The third-order valence-electron chi connectivity index (χ3n) is 3.75. The highest BCUT2D eigenvalue weighted by atomic mass is 16.2. The van der Waals surface area contributed by atoms with Gasteiger partial charge in [-0.15, -0.1) is 0 Å². The zero-order valence-electron chi connectivity index (χ0n) is 10.9. The number of rotatable bonds is 1. The van der Waals surface area contributed by atoms with Crippen LogP contribution < -0.4 is 10.7 Å². The van der Waals surface area contributed by atoms with Gasteiger partial charge < -0.3 is 5.32 Å². The fourth-order valence-electron chi connectivity index (χ4n) is 2.46. The molecular formula is C14H15N3O2. The van der Waals surface area contributed by atoms with Gasteiger partial charge in [0.05, 0.1) is 11.1 Å². The van der Waals surface area contributed by atoms with Crippen molar-refractivity contribution in [3.8, 4) is 0 Å². The average molecular weight is 257 g/mol. The van der Waals surface area contributed by atoms with Crippen LogP contribution in [0.25, 0.3) is 0 Å². The van der Waals surface area contributed by atoms with Crippen molar-refractivity contribution in [1.29, 1.82) is 0 Å². The van der Waals surface area contributed by atoms with Gasteiger partial charge in [0.25, 0.3) is 0 Å². The zero-order valence-corrected chi connectivity index (χ0v) is 10.9. The largest absolute Gasteiger partial charge is 0.325 e. The molecule has 5 nitrogen and oxygen atoms in total. The van der Waals surface area contributed by atoms with Crippen molar-refractivity contribution in [2.24, 2.45) is 5.10 Å². The second kappa shape index (κ2) is 3.91. The van der Waals surface area contributed by atoms with Crippen LogP contribution in [-0.4, -0.2) is 17.5 Å². The van der Waals surface area contributed by atoms with Gasteiger partial charge in [-0.3, -0.25) is 9.59 Å². The van der Waals surface area contributed by atoms with Crippen LogP contribution in [-0.2, 0) is 15.0 Å². The van der Waals surface area contributed by atoms with Gasteiger partial charge in [0.1, 0.15) is 0 Å². The fourth-order valence-corrected chi connectivity index (χ4v) is 2.46. The number of hydrogen-bond acceptors (Lipinski definition) is 3. The third kappa shape index (κ3) is 1.82. The molecule has 0 aliphatic carbocycles. The van der Waals surface area contributed by atoms with E-state index in [9.17, 15) is 9.59 Å². The van der Waals surface area contributed by atoms with Gasteiger partial charge in [0.15, 0.2) is 0 Å². The molecule has 2 N–H and O–H groups in total. The summed E-state index contributed by atoms with van der Waals surface area (Å²) in [5.41, 5.74) is 5.63. The van der Waals surface area contributed by atoms with Crippen molar-refractivity contribution in [2.45, 2.75) is 32.1 Å². The Balaban J connectivity index is 1.98. The van der Waals surface area contributed by atoms with Gasteiger partial charge in [-0.25, -0.2) is 5.43 Å². The van der Waals surface area contributed by atoms with Gasteiger partial charge in [-0.2, -0.15) is 5.10 Å². The van der Waals surface area contributed by atoms with Gasteiger partial charge in [0.2, 0.25) is 11.8 Å². The van der Waals surface area contributed by atoms with Gasteiger partial charge in [0, 0.05) is 18.5 Å². The first-order chi connectivity index (χ1) is 8.98. The maximum atomic E-state index is 11.9. The first-order valence-corrected chi connectivity index (χ1v) is 6.30. The van der Waals surface area contributed by atoms with Crippen molar-refractivity contribution in [3.63, 3.8) is 0 Å². The van der Waals surface area contributed by atoms with Crippen LogP contribution >= 0.6 is 0 Å². The summed E-state index contributed by atoms with van der Waals surface area (Å²) in [6.07, 6.45) is 1.08. The summed E-state index contributed by atoms with van der Waals surface area (Å²) in [6, 6.07) is 5.84. The van der Waals surface area contributed by atoms with Crippen molar-refractivity contribution in [1.82, 2.24) is 5.43 Å². The lowest BCUT2D eigenvalue weighted by molar-refractivity contribution is -0.121. The van der Waals surface area contributed by atoms with E-state index in [2.05, 4.69) is 15.8 Å². The summed E-state index contributed by atoms with van der Waals surface area (Å²) in [6.45, 7) is 3.82. The second-order valence-electron chi connectivity index (χ2n) is 5.43. The molecule has 2 aliphatic heterocycles. The molecule has 1 aromatic rings. The Bertz CT molecular complexity index is 617. The number of amides is 2. The molecule has 0 radical (unpaired) electrons. The highest BCUT2D eigenvalue weighted by molar-refractivity contribution is 6.09. The van der Waals surface area contributed by atoms with Crippen LogP contribution in [0.4, 0.5) is 5.69 Å². The van der Waals surface area contributed by atoms with Crippen molar-refractivity contribution < 1.29 is 9.59 Å². The van der Waals surface area contributed by atoms with E-state index >= 15 is 0 Å². The molecule has 0 aromatic heterocycles. The molecule has 0 atom stereocenters. The lowest BCUT2D eigenvalue weighted by Crippen LogP contribution is -2.26. The maximum Gasteiger partial charge on any atom is 0.240 e. The normalized spacial score (nSPS) is 20.4. The smallest absolute Gasteiger partial charge is 0.240 e. The molecule has 2 aliphatic rings. The molecule has 19 heavy (non-hydrogen) atoms. The second-order valence-corrected chi connectivity index (χ2v) is 5.43. The van der Waals surface area contributed by atoms with E-state index in [1.165, 1.54) is 0 Å². The Morgan fingerprint density at radius 1 is 1.21 bits per heavy atom. The van der Waals surface area contributed by atoms with Crippen molar-refractivity contribution >= 4 is 23.2 Å². The van der Waals surface area contributed by atoms with E-state index in [1.54, 1.807) is 0 Å². The van der Waals surface area contributed by atoms with Crippen LogP contribution in [0.5, 0.6) is 0 Å². The van der Waals surface area contributed by atoms with Crippen LogP contribution in [0.15, 0.2) is 23.3 Å². The van der Waals surface area contributed by atoms with Gasteiger partial charge in [-0.1, -0.05) is 12.1 Å². The molecule has 0 saturated heterocycles. The number of nitrogens with zero attached hydrogens (tertiary/aromatic N) is 1. The topological polar surface area (TPSA) is 70.6 Å². The highest BCUT2D eigenvalue weighted by Crippen LogP contribution is 2.37. The minimum atomic E-state index is -0.490. The lowest BCUT2D eigenvalue weighted by Gasteiger charge is -2.16. The van der Waals surface area contributed by atoms with E-state index in [4.69, 9.17) is 0 Å². The summed E-state index contributed by atoms with van der Waals surface area (Å²) in [4.78, 5) is 23.0. The standard InChI is InChI=1S/C14H15N3O2/c1-14(2)9-4-3-8(7-11(9)15-13(14)19)10-5-6-12(18)17-16-10/h3-4,7H,5-6H2,1-2H3,(H,15,19)(H,17,18). The number of anilines is 1. The Hall–Kier alpha value is -2.17. The molecule has 0 bridgehead atoms. The molecule has 2 heterocycles. The molecule has 5 heteroatoms. The lowest BCUT2D eigenvalue weighted by atomic mass is 9.85. The molecule has 2 amide bonds. The van der Waals surface area contributed by atoms with Gasteiger partial charge >= 0.3 is 0 Å². The van der Waals surface area contributed by atoms with Crippen molar-refractivity contribution in [3.05, 3.63) is 29.3 Å². The molecule has 0 saturated carbocycles. The Labute approximate surface area is 111 Å². The minimum absolute atomic E-state index is 0.0125. The van der Waals surface area contributed by atoms with E-state index < -0.39 is 5.41 Å². The van der Waals surface area contributed by atoms with Crippen LogP contribution in [0.3, 0.4) is 0 Å². The van der Waals surface area contributed by atoms with E-state index in [-0.39, 0.29) is 11.8 Å². The molecule has 3 rings (SSSR count). The predicted octanol–water partition coefficient (Wildman–Crippen LogP) is 1.53. The third-order valence-corrected chi connectivity index (χ3v) is 3.75. The number of hydrazone groups is 1. The zero-order chi connectivity index (χ0) is 13.6. The van der Waals surface area contributed by atoms with Crippen LogP contribution in [0.1, 0.15) is 37.8 Å². The summed E-state index contributed by atoms with van der Waals surface area (Å²) in [5.74, 6) is -0.0436. The first kappa shape index (κ1) is 11.9. The minimum Gasteiger partial charge on any atom is -0.325 e. The number of carbonyl (C=O) groups is 2. The van der Waals surface area contributed by atoms with Gasteiger partial charge in [-0.05, 0) is 31.0 Å². The summed E-state index contributed by atoms with van der Waals surface area (Å²) >= 11 is 0. The number of nitrogens with one attached hydrogen (secondary N) is 2. The summed E-state index contributed by atoms with van der Waals surface area (Å²) in [7, 11) is 0. The summed E-state index contributed by atoms with van der Waals surface area (Å²) < 4.78 is 0. The monoisotopic (exact) mass is 257 g/mol. The van der Waals surface area contributed by atoms with E-state index in [1.807, 2.05) is 32.0 Å². The highest BCUT2D eigenvalue weighted by Gasteiger charge is 2.38. The number of benzene rings is 1. The average Bonchev–Trinajstić information content (AvgIpc) is 2.61. The number of hydrogen-bond donors (Lipinski definition) is 2. The number of fused-ring (bicyclic) bond motifs is 1. The van der Waals surface area contributed by atoms with Crippen molar-refractivity contribution in [2.75, 3.05) is 5.32 Å². The Morgan fingerprint density at radius 2 is 2.00 bits per heavy atom. The van der Waals surface area contributed by atoms with E-state index in [0.29, 0.717) is 12.8 Å². The fraction of sp³-hybridized carbons (Fsp3) is 0.357. The first-order valence-electron chi connectivity index (χ1n) is 6.30. The quantitative estimate of drug-likeness (QED) is 0.801. The van der Waals surface area contributed by atoms with Crippen LogP contribution in [0.2, 0.25) is 0 Å². The molecule has 98 valence electrons. The Morgan fingerprint density at radius 3 is 2.68 bits per heavy atom. The molecule has 0 unspecified atom stereocenters. The Kier molecular flexibility index (Phi) is 2.45. The maximum absolute atomic E-state index is 11.9. The molecule has 0 spiro atoms. The molecule has 1 aromatic carbocycles.